The molecule has 0 fully saturated rings. The van der Waals surface area contributed by atoms with Crippen molar-refractivity contribution in [2.24, 2.45) is 5.92 Å². The summed E-state index contributed by atoms with van der Waals surface area (Å²) < 4.78 is 0. The summed E-state index contributed by atoms with van der Waals surface area (Å²) in [4.78, 5) is 0. The molecular formula is C12H12N2. The van der Waals surface area contributed by atoms with Gasteiger partial charge in [0.1, 0.15) is 0 Å². The summed E-state index contributed by atoms with van der Waals surface area (Å²) in [5.74, 6) is 0.426. The van der Waals surface area contributed by atoms with E-state index in [0.29, 0.717) is 5.92 Å². The topological polar surface area (TPSA) is 24.1 Å². The summed E-state index contributed by atoms with van der Waals surface area (Å²) in [5, 5.41) is 6.73. The van der Waals surface area contributed by atoms with Crippen molar-refractivity contribution in [1.29, 1.82) is 0 Å². The Morgan fingerprint density at radius 2 is 2.29 bits per heavy atom. The third-order valence-corrected chi connectivity index (χ3v) is 2.73. The first-order valence-electron chi connectivity index (χ1n) is 4.92. The van der Waals surface area contributed by atoms with Crippen LogP contribution in [0.15, 0.2) is 59.6 Å². The van der Waals surface area contributed by atoms with Crippen LogP contribution in [-0.4, -0.2) is 6.54 Å². The first kappa shape index (κ1) is 7.68. The van der Waals surface area contributed by atoms with Crippen molar-refractivity contribution in [1.82, 2.24) is 10.6 Å². The van der Waals surface area contributed by atoms with Crippen LogP contribution in [0.4, 0.5) is 0 Å². The van der Waals surface area contributed by atoms with E-state index in [9.17, 15) is 0 Å². The molecule has 70 valence electrons. The van der Waals surface area contributed by atoms with Crippen molar-refractivity contribution in [3.8, 4) is 0 Å². The van der Waals surface area contributed by atoms with Crippen LogP contribution >= 0.6 is 0 Å². The fourth-order valence-electron chi connectivity index (χ4n) is 2.04. The minimum absolute atomic E-state index is 0.426. The zero-order chi connectivity index (χ0) is 9.38. The molecule has 2 nitrogen and oxygen atoms in total. The molecule has 0 aromatic carbocycles. The quantitative estimate of drug-likeness (QED) is 0.559. The molecule has 0 saturated carbocycles. The second kappa shape index (κ2) is 2.91. The minimum Gasteiger partial charge on any atom is -0.382 e. The van der Waals surface area contributed by atoms with Gasteiger partial charge in [-0.25, -0.2) is 0 Å². The van der Waals surface area contributed by atoms with Crippen LogP contribution in [0.3, 0.4) is 0 Å². The van der Waals surface area contributed by atoms with E-state index in [1.54, 1.807) is 0 Å². The van der Waals surface area contributed by atoms with E-state index in [0.717, 1.165) is 6.54 Å². The Balaban J connectivity index is 2.11. The van der Waals surface area contributed by atoms with E-state index in [-0.39, 0.29) is 0 Å². The lowest BCUT2D eigenvalue weighted by molar-refractivity contribution is 0.716. The standard InChI is InChI=1S/C12H12N2/c1-3-9-5-6-10-4-2-8-14-12(10)11(9)13-7-1/h1-7,10,13-14H,8H2. The average Bonchev–Trinajstić information content (AvgIpc) is 2.29. The maximum Gasteiger partial charge on any atom is 0.0655 e. The van der Waals surface area contributed by atoms with Gasteiger partial charge in [0.05, 0.1) is 5.70 Å². The van der Waals surface area contributed by atoms with Crippen LogP contribution in [0.2, 0.25) is 0 Å². The SMILES string of the molecule is C1=CNC2=C3NCC=CC3C=CC2=C1. The zero-order valence-corrected chi connectivity index (χ0v) is 7.83. The third-order valence-electron chi connectivity index (χ3n) is 2.73. The highest BCUT2D eigenvalue weighted by Gasteiger charge is 2.21. The number of hydrogen-bond acceptors (Lipinski definition) is 2. The van der Waals surface area contributed by atoms with E-state index in [4.69, 9.17) is 0 Å². The molecule has 0 amide bonds. The molecule has 0 spiro atoms. The van der Waals surface area contributed by atoms with Crippen molar-refractivity contribution < 1.29 is 0 Å². The highest BCUT2D eigenvalue weighted by Crippen LogP contribution is 2.29. The molecule has 0 radical (unpaired) electrons. The number of hydrogen-bond donors (Lipinski definition) is 2. The maximum absolute atomic E-state index is 3.42. The molecule has 3 aliphatic rings. The summed E-state index contributed by atoms with van der Waals surface area (Å²) in [6.45, 7) is 0.932. The molecule has 0 saturated heterocycles. The smallest absolute Gasteiger partial charge is 0.0655 e. The first-order valence-corrected chi connectivity index (χ1v) is 4.92. The van der Waals surface area contributed by atoms with Crippen LogP contribution in [-0.2, 0) is 0 Å². The van der Waals surface area contributed by atoms with E-state index in [1.165, 1.54) is 17.0 Å². The van der Waals surface area contributed by atoms with Gasteiger partial charge in [-0.05, 0) is 11.6 Å². The lowest BCUT2D eigenvalue weighted by Gasteiger charge is -2.28. The summed E-state index contributed by atoms with van der Waals surface area (Å²) in [5.41, 5.74) is 3.79. The van der Waals surface area contributed by atoms with Crippen molar-refractivity contribution in [3.63, 3.8) is 0 Å². The van der Waals surface area contributed by atoms with Crippen molar-refractivity contribution in [2.45, 2.75) is 0 Å². The molecule has 2 aliphatic heterocycles. The molecule has 14 heavy (non-hydrogen) atoms. The number of allylic oxidation sites excluding steroid dienone is 4. The van der Waals surface area contributed by atoms with Gasteiger partial charge in [-0.3, -0.25) is 0 Å². The van der Waals surface area contributed by atoms with Crippen LogP contribution in [0.25, 0.3) is 0 Å². The van der Waals surface area contributed by atoms with Gasteiger partial charge in [0.25, 0.3) is 0 Å². The van der Waals surface area contributed by atoms with Gasteiger partial charge in [-0.2, -0.15) is 0 Å². The Hall–Kier alpha value is -1.70. The molecule has 1 unspecified atom stereocenters. The number of nitrogens with one attached hydrogen (secondary N) is 2. The van der Waals surface area contributed by atoms with Gasteiger partial charge in [0.2, 0.25) is 0 Å². The third kappa shape index (κ3) is 1.04. The van der Waals surface area contributed by atoms with Gasteiger partial charge < -0.3 is 10.6 Å². The monoisotopic (exact) mass is 184 g/mol. The predicted molar refractivity (Wildman–Crippen MR) is 57.2 cm³/mol. The van der Waals surface area contributed by atoms with Gasteiger partial charge in [0, 0.05) is 24.4 Å². The number of fused-ring (bicyclic) bond motifs is 2. The summed E-state index contributed by atoms with van der Waals surface area (Å²) in [6.07, 6.45) is 15.0. The Kier molecular flexibility index (Phi) is 1.60. The molecule has 3 rings (SSSR count). The number of dihydropyridines is 1. The minimum atomic E-state index is 0.426. The molecule has 2 heterocycles. The molecule has 0 aromatic rings. The van der Waals surface area contributed by atoms with Gasteiger partial charge in [-0.15, -0.1) is 0 Å². The van der Waals surface area contributed by atoms with E-state index < -0.39 is 0 Å². The summed E-state index contributed by atoms with van der Waals surface area (Å²) >= 11 is 0. The first-order chi connectivity index (χ1) is 6.95. The highest BCUT2D eigenvalue weighted by atomic mass is 15.0. The van der Waals surface area contributed by atoms with E-state index in [1.807, 2.05) is 12.3 Å². The normalized spacial score (nSPS) is 27.4. The molecule has 1 aliphatic carbocycles. The summed E-state index contributed by atoms with van der Waals surface area (Å²) in [7, 11) is 0. The predicted octanol–water partition coefficient (Wildman–Crippen LogP) is 1.59. The Morgan fingerprint density at radius 1 is 1.29 bits per heavy atom. The highest BCUT2D eigenvalue weighted by molar-refractivity contribution is 5.52. The lowest BCUT2D eigenvalue weighted by atomic mass is 9.90. The van der Waals surface area contributed by atoms with Gasteiger partial charge in [-0.1, -0.05) is 30.4 Å². The van der Waals surface area contributed by atoms with Crippen molar-refractivity contribution >= 4 is 0 Å². The van der Waals surface area contributed by atoms with Crippen molar-refractivity contribution in [2.75, 3.05) is 6.54 Å². The lowest BCUT2D eigenvalue weighted by Crippen LogP contribution is -2.30. The van der Waals surface area contributed by atoms with Crippen molar-refractivity contribution in [3.05, 3.63) is 59.6 Å². The fraction of sp³-hybridized carbons (Fsp3) is 0.167. The second-order valence-corrected chi connectivity index (χ2v) is 3.61. The van der Waals surface area contributed by atoms with Crippen LogP contribution in [0, 0.1) is 5.92 Å². The molecule has 0 aromatic heterocycles. The largest absolute Gasteiger partial charge is 0.382 e. The maximum atomic E-state index is 3.42. The van der Waals surface area contributed by atoms with Crippen LogP contribution in [0.5, 0.6) is 0 Å². The van der Waals surface area contributed by atoms with Gasteiger partial charge >= 0.3 is 0 Å². The van der Waals surface area contributed by atoms with Crippen LogP contribution < -0.4 is 10.6 Å². The van der Waals surface area contributed by atoms with Gasteiger partial charge in [0.15, 0.2) is 0 Å². The average molecular weight is 184 g/mol. The summed E-state index contributed by atoms with van der Waals surface area (Å²) in [6, 6.07) is 0. The molecule has 0 bridgehead atoms. The zero-order valence-electron chi connectivity index (χ0n) is 7.83. The fourth-order valence-corrected chi connectivity index (χ4v) is 2.04. The number of rotatable bonds is 0. The van der Waals surface area contributed by atoms with E-state index in [2.05, 4.69) is 41.0 Å². The molecule has 1 atom stereocenters. The Labute approximate surface area is 83.4 Å². The molecular weight excluding hydrogens is 172 g/mol. The van der Waals surface area contributed by atoms with E-state index >= 15 is 0 Å². The van der Waals surface area contributed by atoms with Crippen LogP contribution in [0.1, 0.15) is 0 Å². The molecule has 2 heteroatoms. The Bertz CT molecular complexity index is 408. The second-order valence-electron chi connectivity index (χ2n) is 3.61. The Morgan fingerprint density at radius 3 is 3.29 bits per heavy atom. The molecule has 2 N–H and O–H groups in total.